The van der Waals surface area contributed by atoms with Crippen molar-refractivity contribution in [1.82, 2.24) is 20.0 Å². The third-order valence-electron chi connectivity index (χ3n) is 3.94. The maximum absolute atomic E-state index is 12.5. The summed E-state index contributed by atoms with van der Waals surface area (Å²) in [6.07, 6.45) is 3.10. The van der Waals surface area contributed by atoms with E-state index >= 15 is 0 Å². The lowest BCUT2D eigenvalue weighted by Crippen LogP contribution is -2.51. The average molecular weight is 401 g/mol. The molecule has 26 heavy (non-hydrogen) atoms. The normalized spacial score (nSPS) is 21.6. The minimum absolute atomic E-state index is 0.124. The molecule has 9 nitrogen and oxygen atoms in total. The van der Waals surface area contributed by atoms with Gasteiger partial charge in [-0.05, 0) is 12.1 Å². The number of imidazole rings is 1. The molecule has 0 unspecified atom stereocenters. The van der Waals surface area contributed by atoms with Gasteiger partial charge in [0.1, 0.15) is 17.9 Å². The highest BCUT2D eigenvalue weighted by molar-refractivity contribution is 7.91. The second kappa shape index (κ2) is 7.22. The number of pyridine rings is 1. The predicted molar refractivity (Wildman–Crippen MR) is 93.9 cm³/mol. The van der Waals surface area contributed by atoms with Gasteiger partial charge in [0, 0.05) is 19.5 Å². The van der Waals surface area contributed by atoms with E-state index < -0.39 is 33.7 Å². The van der Waals surface area contributed by atoms with Crippen molar-refractivity contribution in [3.05, 3.63) is 35.2 Å². The maximum atomic E-state index is 12.5. The Hall–Kier alpha value is -2.17. The summed E-state index contributed by atoms with van der Waals surface area (Å²) in [4.78, 5) is 28.3. The van der Waals surface area contributed by atoms with Crippen LogP contribution in [0.4, 0.5) is 0 Å². The number of methoxy groups -OCH3 is 1. The molecule has 0 spiro atoms. The first kappa shape index (κ1) is 18.6. The third kappa shape index (κ3) is 4.14. The lowest BCUT2D eigenvalue weighted by Gasteiger charge is -2.20. The van der Waals surface area contributed by atoms with Crippen molar-refractivity contribution in [3.63, 3.8) is 0 Å². The summed E-state index contributed by atoms with van der Waals surface area (Å²) >= 11 is 5.90. The van der Waals surface area contributed by atoms with E-state index in [1.54, 1.807) is 22.7 Å². The molecule has 2 aromatic rings. The van der Waals surface area contributed by atoms with Crippen molar-refractivity contribution in [2.24, 2.45) is 0 Å². The molecule has 0 aromatic carbocycles. The van der Waals surface area contributed by atoms with Crippen LogP contribution in [0.3, 0.4) is 0 Å². The van der Waals surface area contributed by atoms with Crippen LogP contribution in [0.1, 0.15) is 10.5 Å². The van der Waals surface area contributed by atoms with Crippen LogP contribution in [0.15, 0.2) is 24.5 Å². The molecule has 2 aromatic heterocycles. The summed E-state index contributed by atoms with van der Waals surface area (Å²) in [5, 5.41) is 5.71. The minimum atomic E-state index is -3.38. The van der Waals surface area contributed by atoms with Gasteiger partial charge < -0.3 is 19.8 Å². The maximum Gasteiger partial charge on any atom is 0.271 e. The molecule has 140 valence electrons. The first-order valence-corrected chi connectivity index (χ1v) is 9.91. The van der Waals surface area contributed by atoms with Crippen LogP contribution in [-0.2, 0) is 19.4 Å². The lowest BCUT2D eigenvalue weighted by atomic mass is 10.1. The standard InChI is InChI=1S/C15H17ClN4O5S/c1-25-6-14(21)18-11-7-26(23,24)8-12(11)19-15(22)10-5-20-4-9(16)2-3-13(20)17-10/h2-5,11-12H,6-8H2,1H3,(H,18,21)(H,19,22)/t11-,12-/m1/s1. The van der Waals surface area contributed by atoms with Crippen molar-refractivity contribution in [3.8, 4) is 0 Å². The number of ether oxygens (including phenoxy) is 1. The average Bonchev–Trinajstić information content (AvgIpc) is 3.07. The van der Waals surface area contributed by atoms with Crippen LogP contribution >= 0.6 is 11.6 Å². The van der Waals surface area contributed by atoms with E-state index in [2.05, 4.69) is 15.6 Å². The van der Waals surface area contributed by atoms with E-state index in [0.717, 1.165) is 0 Å². The number of carbonyl (C=O) groups excluding carboxylic acids is 2. The predicted octanol–water partition coefficient (Wildman–Crippen LogP) is -0.354. The molecule has 0 aliphatic carbocycles. The summed E-state index contributed by atoms with van der Waals surface area (Å²) in [6.45, 7) is -0.190. The summed E-state index contributed by atoms with van der Waals surface area (Å²) in [5.74, 6) is -1.47. The number of fused-ring (bicyclic) bond motifs is 1. The number of halogens is 1. The topological polar surface area (TPSA) is 119 Å². The van der Waals surface area contributed by atoms with E-state index in [9.17, 15) is 18.0 Å². The van der Waals surface area contributed by atoms with Crippen molar-refractivity contribution in [2.45, 2.75) is 12.1 Å². The second-order valence-electron chi connectivity index (χ2n) is 6.00. The smallest absolute Gasteiger partial charge is 0.271 e. The fourth-order valence-electron chi connectivity index (χ4n) is 2.83. The summed E-state index contributed by atoms with van der Waals surface area (Å²) in [6, 6.07) is 1.84. The van der Waals surface area contributed by atoms with Gasteiger partial charge >= 0.3 is 0 Å². The lowest BCUT2D eigenvalue weighted by molar-refractivity contribution is -0.125. The van der Waals surface area contributed by atoms with Gasteiger partial charge in [-0.25, -0.2) is 13.4 Å². The van der Waals surface area contributed by atoms with Gasteiger partial charge in [-0.1, -0.05) is 11.6 Å². The number of nitrogens with zero attached hydrogens (tertiary/aromatic N) is 2. The molecule has 2 amide bonds. The van der Waals surface area contributed by atoms with Crippen LogP contribution in [0.5, 0.6) is 0 Å². The van der Waals surface area contributed by atoms with Gasteiger partial charge in [0.15, 0.2) is 9.84 Å². The second-order valence-corrected chi connectivity index (χ2v) is 8.59. The van der Waals surface area contributed by atoms with Crippen LogP contribution < -0.4 is 10.6 Å². The first-order valence-electron chi connectivity index (χ1n) is 7.71. The Morgan fingerprint density at radius 2 is 1.96 bits per heavy atom. The molecule has 0 radical (unpaired) electrons. The summed E-state index contributed by atoms with van der Waals surface area (Å²) in [5.41, 5.74) is 0.655. The largest absolute Gasteiger partial charge is 0.375 e. The fraction of sp³-hybridized carbons (Fsp3) is 0.400. The number of amides is 2. The van der Waals surface area contributed by atoms with Gasteiger partial charge in [0.05, 0.1) is 28.6 Å². The van der Waals surface area contributed by atoms with E-state index in [1.807, 2.05) is 0 Å². The van der Waals surface area contributed by atoms with Crippen molar-refractivity contribution in [1.29, 1.82) is 0 Å². The molecule has 1 saturated heterocycles. The Bertz CT molecular complexity index is 958. The van der Waals surface area contributed by atoms with Crippen molar-refractivity contribution in [2.75, 3.05) is 25.2 Å². The van der Waals surface area contributed by atoms with Crippen LogP contribution in [0.25, 0.3) is 5.65 Å². The van der Waals surface area contributed by atoms with E-state index in [-0.39, 0.29) is 23.8 Å². The number of hydrogen-bond acceptors (Lipinski definition) is 6. The summed E-state index contributed by atoms with van der Waals surface area (Å²) < 4.78 is 30.2. The van der Waals surface area contributed by atoms with Gasteiger partial charge in [0.2, 0.25) is 5.91 Å². The molecule has 1 aliphatic heterocycles. The molecule has 1 fully saturated rings. The van der Waals surface area contributed by atoms with Crippen LogP contribution in [-0.4, -0.2) is 66.9 Å². The zero-order chi connectivity index (χ0) is 18.9. The number of carbonyl (C=O) groups is 2. The molecular formula is C15H17ClN4O5S. The van der Waals surface area contributed by atoms with E-state index in [0.29, 0.717) is 10.7 Å². The zero-order valence-electron chi connectivity index (χ0n) is 13.8. The fourth-order valence-corrected chi connectivity index (χ4v) is 4.86. The molecule has 1 aliphatic rings. The molecule has 0 saturated carbocycles. The number of nitrogens with one attached hydrogen (secondary N) is 2. The number of rotatable bonds is 5. The molecule has 3 heterocycles. The molecular weight excluding hydrogens is 384 g/mol. The van der Waals surface area contributed by atoms with E-state index in [4.69, 9.17) is 16.3 Å². The SMILES string of the molecule is COCC(=O)N[C@@H]1CS(=O)(=O)C[C@H]1NC(=O)c1cn2cc(Cl)ccc2n1. The molecule has 3 rings (SSSR count). The van der Waals surface area contributed by atoms with Crippen LogP contribution in [0, 0.1) is 0 Å². The Morgan fingerprint density at radius 3 is 2.65 bits per heavy atom. The molecule has 2 N–H and O–H groups in total. The number of hydrogen-bond donors (Lipinski definition) is 2. The minimum Gasteiger partial charge on any atom is -0.375 e. The van der Waals surface area contributed by atoms with Crippen LogP contribution in [0.2, 0.25) is 5.02 Å². The van der Waals surface area contributed by atoms with E-state index in [1.165, 1.54) is 13.3 Å². The molecule has 2 atom stereocenters. The zero-order valence-corrected chi connectivity index (χ0v) is 15.4. The molecule has 11 heteroatoms. The van der Waals surface area contributed by atoms with Crippen molar-refractivity contribution < 1.29 is 22.7 Å². The highest BCUT2D eigenvalue weighted by Gasteiger charge is 2.39. The Labute approximate surface area is 154 Å². The quantitative estimate of drug-likeness (QED) is 0.707. The Kier molecular flexibility index (Phi) is 5.17. The third-order valence-corrected chi connectivity index (χ3v) is 5.90. The van der Waals surface area contributed by atoms with Gasteiger partial charge in [-0.2, -0.15) is 0 Å². The van der Waals surface area contributed by atoms with Gasteiger partial charge in [-0.3, -0.25) is 9.59 Å². The molecule has 0 bridgehead atoms. The van der Waals surface area contributed by atoms with Gasteiger partial charge in [0.25, 0.3) is 5.91 Å². The monoisotopic (exact) mass is 400 g/mol. The first-order chi connectivity index (χ1) is 12.3. The summed E-state index contributed by atoms with van der Waals surface area (Å²) in [7, 11) is -2.02. The van der Waals surface area contributed by atoms with Crippen molar-refractivity contribution >= 4 is 38.9 Å². The Morgan fingerprint density at radius 1 is 1.27 bits per heavy atom. The Balaban J connectivity index is 1.75. The van der Waals surface area contributed by atoms with Gasteiger partial charge in [-0.15, -0.1) is 0 Å². The number of sulfone groups is 1. The highest BCUT2D eigenvalue weighted by atomic mass is 35.5. The highest BCUT2D eigenvalue weighted by Crippen LogP contribution is 2.15. The number of aromatic nitrogens is 2.